The van der Waals surface area contributed by atoms with Crippen molar-refractivity contribution in [1.82, 2.24) is 10.2 Å². The van der Waals surface area contributed by atoms with Gasteiger partial charge in [-0.2, -0.15) is 5.10 Å². The molecule has 0 bridgehead atoms. The van der Waals surface area contributed by atoms with Crippen LogP contribution >= 0.6 is 15.9 Å². The van der Waals surface area contributed by atoms with Crippen LogP contribution in [0.3, 0.4) is 0 Å². The topological polar surface area (TPSA) is 41.0 Å². The largest absolute Gasteiger partial charge is 0.278 e. The van der Waals surface area contributed by atoms with Crippen LogP contribution in [0.25, 0.3) is 10.9 Å². The second kappa shape index (κ2) is 4.74. The molecule has 0 aliphatic rings. The molecule has 0 aliphatic heterocycles. The SMILES string of the molecule is Brc1ccc(C=Nc2ccc3[nH]ncc3c2)cc1. The van der Waals surface area contributed by atoms with Gasteiger partial charge in [-0.05, 0) is 35.9 Å². The average molecular weight is 300 g/mol. The van der Waals surface area contributed by atoms with Crippen molar-refractivity contribution in [3.05, 3.63) is 58.7 Å². The summed E-state index contributed by atoms with van der Waals surface area (Å²) in [5, 5.41) is 7.98. The lowest BCUT2D eigenvalue weighted by Gasteiger charge is -1.95. The fourth-order valence-corrected chi connectivity index (χ4v) is 1.97. The first-order chi connectivity index (χ1) is 8.81. The number of benzene rings is 2. The summed E-state index contributed by atoms with van der Waals surface area (Å²) in [6, 6.07) is 14.0. The van der Waals surface area contributed by atoms with E-state index in [0.717, 1.165) is 26.6 Å². The minimum atomic E-state index is 0.923. The number of H-pyrrole nitrogens is 1. The third-order valence-corrected chi connectivity index (χ3v) is 3.19. The Kier molecular flexibility index (Phi) is 2.94. The smallest absolute Gasteiger partial charge is 0.0651 e. The Morgan fingerprint density at radius 1 is 1.11 bits per heavy atom. The Balaban J connectivity index is 1.88. The first kappa shape index (κ1) is 11.2. The molecule has 3 nitrogen and oxygen atoms in total. The number of fused-ring (bicyclic) bond motifs is 1. The van der Waals surface area contributed by atoms with Crippen LogP contribution in [0.5, 0.6) is 0 Å². The predicted molar refractivity (Wildman–Crippen MR) is 77.5 cm³/mol. The van der Waals surface area contributed by atoms with Crippen LogP contribution < -0.4 is 0 Å². The first-order valence-corrected chi connectivity index (χ1v) is 6.33. The highest BCUT2D eigenvalue weighted by Crippen LogP contribution is 2.19. The zero-order chi connectivity index (χ0) is 12.4. The molecule has 1 heterocycles. The molecule has 3 aromatic rings. The Morgan fingerprint density at radius 2 is 1.94 bits per heavy atom. The Hall–Kier alpha value is -1.94. The van der Waals surface area contributed by atoms with Gasteiger partial charge in [0.05, 0.1) is 17.4 Å². The van der Waals surface area contributed by atoms with Crippen LogP contribution in [-0.2, 0) is 0 Å². The van der Waals surface area contributed by atoms with E-state index in [1.807, 2.05) is 48.7 Å². The molecule has 2 aromatic carbocycles. The zero-order valence-corrected chi connectivity index (χ0v) is 11.1. The lowest BCUT2D eigenvalue weighted by molar-refractivity contribution is 1.12. The summed E-state index contributed by atoms with van der Waals surface area (Å²) in [5.74, 6) is 0. The third kappa shape index (κ3) is 2.33. The van der Waals surface area contributed by atoms with E-state index in [1.54, 1.807) is 6.20 Å². The summed E-state index contributed by atoms with van der Waals surface area (Å²) in [6.45, 7) is 0. The Labute approximate surface area is 113 Å². The van der Waals surface area contributed by atoms with Gasteiger partial charge in [-0.25, -0.2) is 0 Å². The highest BCUT2D eigenvalue weighted by molar-refractivity contribution is 9.10. The molecule has 3 rings (SSSR count). The second-order valence-electron chi connectivity index (χ2n) is 3.95. The average Bonchev–Trinajstić information content (AvgIpc) is 2.85. The predicted octanol–water partition coefficient (Wildman–Crippen LogP) is 4.08. The van der Waals surface area contributed by atoms with Gasteiger partial charge in [0.15, 0.2) is 0 Å². The molecule has 1 aromatic heterocycles. The number of aliphatic imine (C=N–C) groups is 1. The molecule has 0 aliphatic carbocycles. The van der Waals surface area contributed by atoms with Crippen molar-refractivity contribution in [3.8, 4) is 0 Å². The van der Waals surface area contributed by atoms with E-state index in [-0.39, 0.29) is 0 Å². The summed E-state index contributed by atoms with van der Waals surface area (Å²) in [7, 11) is 0. The molecule has 4 heteroatoms. The molecule has 0 saturated carbocycles. The number of nitrogens with zero attached hydrogens (tertiary/aromatic N) is 2. The minimum absolute atomic E-state index is 0.923. The lowest BCUT2D eigenvalue weighted by atomic mass is 10.2. The van der Waals surface area contributed by atoms with Crippen molar-refractivity contribution < 1.29 is 0 Å². The Bertz CT molecular complexity index is 698. The van der Waals surface area contributed by atoms with Crippen molar-refractivity contribution in [1.29, 1.82) is 0 Å². The highest BCUT2D eigenvalue weighted by Gasteiger charge is 1.96. The fourth-order valence-electron chi connectivity index (χ4n) is 1.71. The summed E-state index contributed by atoms with van der Waals surface area (Å²) in [5.41, 5.74) is 3.02. The molecule has 0 fully saturated rings. The number of aromatic nitrogens is 2. The fraction of sp³-hybridized carbons (Fsp3) is 0. The quantitative estimate of drug-likeness (QED) is 0.712. The second-order valence-corrected chi connectivity index (χ2v) is 4.87. The van der Waals surface area contributed by atoms with E-state index in [2.05, 4.69) is 31.1 Å². The van der Waals surface area contributed by atoms with Crippen LogP contribution in [0.4, 0.5) is 5.69 Å². The molecule has 0 radical (unpaired) electrons. The van der Waals surface area contributed by atoms with E-state index in [0.29, 0.717) is 0 Å². The van der Waals surface area contributed by atoms with E-state index in [4.69, 9.17) is 0 Å². The zero-order valence-electron chi connectivity index (χ0n) is 9.47. The minimum Gasteiger partial charge on any atom is -0.278 e. The number of hydrogen-bond acceptors (Lipinski definition) is 2. The van der Waals surface area contributed by atoms with Gasteiger partial charge in [-0.3, -0.25) is 10.1 Å². The van der Waals surface area contributed by atoms with Gasteiger partial charge < -0.3 is 0 Å². The maximum atomic E-state index is 4.45. The van der Waals surface area contributed by atoms with Crippen LogP contribution in [-0.4, -0.2) is 16.4 Å². The molecule has 1 N–H and O–H groups in total. The number of rotatable bonds is 2. The Morgan fingerprint density at radius 3 is 2.78 bits per heavy atom. The molecule has 88 valence electrons. The number of nitrogens with one attached hydrogen (secondary N) is 1. The maximum Gasteiger partial charge on any atom is 0.0651 e. The summed E-state index contributed by atoms with van der Waals surface area (Å²) >= 11 is 3.41. The molecule has 0 unspecified atom stereocenters. The molecular weight excluding hydrogens is 290 g/mol. The monoisotopic (exact) mass is 299 g/mol. The highest BCUT2D eigenvalue weighted by atomic mass is 79.9. The maximum absolute atomic E-state index is 4.45. The molecule has 18 heavy (non-hydrogen) atoms. The first-order valence-electron chi connectivity index (χ1n) is 5.54. The van der Waals surface area contributed by atoms with Gasteiger partial charge in [0.2, 0.25) is 0 Å². The van der Waals surface area contributed by atoms with Crippen molar-refractivity contribution in [3.63, 3.8) is 0 Å². The third-order valence-electron chi connectivity index (χ3n) is 2.66. The van der Waals surface area contributed by atoms with Crippen molar-refractivity contribution >= 4 is 38.7 Å². The van der Waals surface area contributed by atoms with Crippen LogP contribution in [0.2, 0.25) is 0 Å². The van der Waals surface area contributed by atoms with Crippen LogP contribution in [0.1, 0.15) is 5.56 Å². The van der Waals surface area contributed by atoms with E-state index in [9.17, 15) is 0 Å². The van der Waals surface area contributed by atoms with Crippen LogP contribution in [0.15, 0.2) is 58.1 Å². The van der Waals surface area contributed by atoms with Gasteiger partial charge in [-0.15, -0.1) is 0 Å². The normalized spacial score (nSPS) is 11.4. The molecule has 0 saturated heterocycles. The molecule has 0 amide bonds. The van der Waals surface area contributed by atoms with E-state index < -0.39 is 0 Å². The standard InChI is InChI=1S/C14H10BrN3/c15-12-3-1-10(2-4-12)8-16-13-5-6-14-11(7-13)9-17-18-14/h1-9H,(H,17,18). The van der Waals surface area contributed by atoms with Crippen LogP contribution in [0, 0.1) is 0 Å². The van der Waals surface area contributed by atoms with Gasteiger partial charge in [0, 0.05) is 16.1 Å². The number of hydrogen-bond donors (Lipinski definition) is 1. The van der Waals surface area contributed by atoms with Gasteiger partial charge in [0.25, 0.3) is 0 Å². The lowest BCUT2D eigenvalue weighted by Crippen LogP contribution is -1.79. The van der Waals surface area contributed by atoms with Crippen molar-refractivity contribution in [2.45, 2.75) is 0 Å². The summed E-state index contributed by atoms with van der Waals surface area (Å²) in [6.07, 6.45) is 3.65. The molecule has 0 spiro atoms. The van der Waals surface area contributed by atoms with Gasteiger partial charge in [0.1, 0.15) is 0 Å². The van der Waals surface area contributed by atoms with Gasteiger partial charge in [-0.1, -0.05) is 28.1 Å². The number of aromatic amines is 1. The van der Waals surface area contributed by atoms with E-state index >= 15 is 0 Å². The molecule has 0 atom stereocenters. The van der Waals surface area contributed by atoms with Gasteiger partial charge >= 0.3 is 0 Å². The summed E-state index contributed by atoms with van der Waals surface area (Å²) < 4.78 is 1.07. The number of halogens is 1. The van der Waals surface area contributed by atoms with Crippen molar-refractivity contribution in [2.75, 3.05) is 0 Å². The van der Waals surface area contributed by atoms with E-state index in [1.165, 1.54) is 0 Å². The van der Waals surface area contributed by atoms with Crippen molar-refractivity contribution in [2.24, 2.45) is 4.99 Å². The summed E-state index contributed by atoms with van der Waals surface area (Å²) in [4.78, 5) is 4.45. The molecular formula is C14H10BrN3.